The van der Waals surface area contributed by atoms with Gasteiger partial charge < -0.3 is 11.5 Å². The van der Waals surface area contributed by atoms with E-state index < -0.39 is 32.4 Å². The second kappa shape index (κ2) is 3.76. The zero-order chi connectivity index (χ0) is 12.8. The van der Waals surface area contributed by atoms with Crippen molar-refractivity contribution in [3.63, 3.8) is 0 Å². The second-order valence-corrected chi connectivity index (χ2v) is 6.77. The van der Waals surface area contributed by atoms with E-state index in [1.807, 2.05) is 0 Å². The number of rotatable bonds is 3. The molecule has 0 radical (unpaired) electrons. The Bertz CT molecular complexity index is 546. The molecule has 17 heavy (non-hydrogen) atoms. The molecule has 3 atom stereocenters. The summed E-state index contributed by atoms with van der Waals surface area (Å²) in [5, 5.41) is -0.721. The molecule has 6 heteroatoms. The minimum Gasteiger partial charge on any atom is -0.329 e. The van der Waals surface area contributed by atoms with Crippen molar-refractivity contribution in [3.05, 3.63) is 35.6 Å². The summed E-state index contributed by atoms with van der Waals surface area (Å²) >= 11 is 0. The lowest BCUT2D eigenvalue weighted by molar-refractivity contribution is 0.591. The van der Waals surface area contributed by atoms with Crippen LogP contribution in [0.15, 0.2) is 24.3 Å². The molecule has 1 aliphatic carbocycles. The van der Waals surface area contributed by atoms with Crippen LogP contribution in [0, 0.1) is 5.82 Å². The van der Waals surface area contributed by atoms with Gasteiger partial charge in [-0.05, 0) is 17.7 Å². The predicted octanol–water partition coefficient (Wildman–Crippen LogP) is -0.00770. The van der Waals surface area contributed by atoms with Crippen LogP contribution < -0.4 is 11.5 Å². The van der Waals surface area contributed by atoms with Crippen LogP contribution in [0.4, 0.5) is 4.39 Å². The van der Waals surface area contributed by atoms with Crippen LogP contribution in [0.2, 0.25) is 0 Å². The van der Waals surface area contributed by atoms with E-state index in [9.17, 15) is 12.8 Å². The van der Waals surface area contributed by atoms with Crippen molar-refractivity contribution in [2.45, 2.75) is 16.7 Å². The maximum Gasteiger partial charge on any atom is 0.152 e. The lowest BCUT2D eigenvalue weighted by Gasteiger charge is -2.07. The van der Waals surface area contributed by atoms with Gasteiger partial charge in [-0.2, -0.15) is 0 Å². The van der Waals surface area contributed by atoms with Crippen LogP contribution in [0.5, 0.6) is 0 Å². The van der Waals surface area contributed by atoms with Gasteiger partial charge in [0.05, 0.1) is 10.8 Å². The van der Waals surface area contributed by atoms with Crippen LogP contribution in [0.3, 0.4) is 0 Å². The second-order valence-electron chi connectivity index (χ2n) is 4.60. The summed E-state index contributed by atoms with van der Waals surface area (Å²) in [7, 11) is -3.29. The van der Waals surface area contributed by atoms with Gasteiger partial charge in [0, 0.05) is 18.7 Å². The van der Waals surface area contributed by atoms with Crippen LogP contribution in [0.25, 0.3) is 0 Å². The average molecular weight is 258 g/mol. The normalized spacial score (nSPS) is 32.5. The average Bonchev–Trinajstić information content (AvgIpc) is 2.86. The van der Waals surface area contributed by atoms with Gasteiger partial charge in [0.2, 0.25) is 0 Å². The number of halogens is 1. The molecule has 4 N–H and O–H groups in total. The van der Waals surface area contributed by atoms with Gasteiger partial charge in [0.25, 0.3) is 0 Å². The first kappa shape index (κ1) is 12.5. The lowest BCUT2D eigenvalue weighted by Crippen LogP contribution is -2.38. The first-order valence-corrected chi connectivity index (χ1v) is 7.19. The number of sulfone groups is 1. The largest absolute Gasteiger partial charge is 0.329 e. The molecule has 1 aromatic rings. The van der Waals surface area contributed by atoms with E-state index >= 15 is 0 Å². The molecule has 1 aliphatic rings. The SMILES string of the molecule is CS(=O)(=O)[C@H]1[C@H](c2cccc(F)c2)[C@@]1(N)CN. The molecule has 4 nitrogen and oxygen atoms in total. The maximum atomic E-state index is 13.1. The number of hydrogen-bond acceptors (Lipinski definition) is 4. The highest BCUT2D eigenvalue weighted by Gasteiger charge is 2.67. The zero-order valence-corrected chi connectivity index (χ0v) is 10.2. The molecule has 0 aliphatic heterocycles. The van der Waals surface area contributed by atoms with Gasteiger partial charge in [0.15, 0.2) is 9.84 Å². The monoisotopic (exact) mass is 258 g/mol. The number of benzene rings is 1. The first-order chi connectivity index (χ1) is 7.80. The molecule has 0 amide bonds. The van der Waals surface area contributed by atoms with Crippen molar-refractivity contribution in [1.29, 1.82) is 0 Å². The third-order valence-corrected chi connectivity index (χ3v) is 4.96. The van der Waals surface area contributed by atoms with E-state index in [2.05, 4.69) is 0 Å². The third-order valence-electron chi connectivity index (χ3n) is 3.32. The van der Waals surface area contributed by atoms with E-state index in [-0.39, 0.29) is 6.54 Å². The number of hydrogen-bond donors (Lipinski definition) is 2. The summed E-state index contributed by atoms with van der Waals surface area (Å²) in [6.45, 7) is 0.0614. The standard InChI is InChI=1S/C11H15FN2O2S/c1-17(15,16)10-9(11(10,14)6-13)7-3-2-4-8(12)5-7/h2-5,9-10H,6,13-14H2,1H3/t9-,10-,11-/m0/s1. The Hall–Kier alpha value is -0.980. The molecule has 0 saturated heterocycles. The molecule has 0 spiro atoms. The molecule has 1 saturated carbocycles. The highest BCUT2D eigenvalue weighted by atomic mass is 32.2. The Morgan fingerprint density at radius 3 is 2.53 bits per heavy atom. The third kappa shape index (κ3) is 1.96. The summed E-state index contributed by atoms with van der Waals surface area (Å²) in [6.07, 6.45) is 1.13. The fourth-order valence-corrected chi connectivity index (χ4v) is 4.36. The Labute approximate surface area is 99.7 Å². The van der Waals surface area contributed by atoms with Gasteiger partial charge in [-0.1, -0.05) is 12.1 Å². The van der Waals surface area contributed by atoms with Crippen molar-refractivity contribution in [1.82, 2.24) is 0 Å². The van der Waals surface area contributed by atoms with E-state index in [0.29, 0.717) is 5.56 Å². The summed E-state index contributed by atoms with van der Waals surface area (Å²) in [5.74, 6) is -0.820. The molecular formula is C11H15FN2O2S. The summed E-state index contributed by atoms with van der Waals surface area (Å²) in [5.41, 5.74) is 11.1. The predicted molar refractivity (Wildman–Crippen MR) is 63.7 cm³/mol. The summed E-state index contributed by atoms with van der Waals surface area (Å²) in [4.78, 5) is 0. The maximum absolute atomic E-state index is 13.1. The Kier molecular flexibility index (Phi) is 2.76. The molecule has 94 valence electrons. The first-order valence-electron chi connectivity index (χ1n) is 5.24. The summed E-state index contributed by atoms with van der Waals surface area (Å²) < 4.78 is 36.3. The fourth-order valence-electron chi connectivity index (χ4n) is 2.50. The molecule has 2 rings (SSSR count). The smallest absolute Gasteiger partial charge is 0.152 e. The van der Waals surface area contributed by atoms with E-state index in [1.165, 1.54) is 12.1 Å². The quantitative estimate of drug-likeness (QED) is 0.798. The van der Waals surface area contributed by atoms with Crippen LogP contribution >= 0.6 is 0 Å². The molecule has 0 heterocycles. The molecule has 1 fully saturated rings. The Morgan fingerprint density at radius 2 is 2.12 bits per heavy atom. The minimum atomic E-state index is -3.29. The Balaban J connectivity index is 2.41. The van der Waals surface area contributed by atoms with Crippen LogP contribution in [-0.2, 0) is 9.84 Å². The molecule has 0 aromatic heterocycles. The minimum absolute atomic E-state index is 0.0614. The van der Waals surface area contributed by atoms with Crippen molar-refractivity contribution >= 4 is 9.84 Å². The van der Waals surface area contributed by atoms with Crippen LogP contribution in [0.1, 0.15) is 11.5 Å². The van der Waals surface area contributed by atoms with E-state index in [4.69, 9.17) is 11.5 Å². The molecule has 0 unspecified atom stereocenters. The van der Waals surface area contributed by atoms with E-state index in [1.54, 1.807) is 12.1 Å². The van der Waals surface area contributed by atoms with Gasteiger partial charge >= 0.3 is 0 Å². The highest BCUT2D eigenvalue weighted by Crippen LogP contribution is 2.53. The van der Waals surface area contributed by atoms with Crippen molar-refractivity contribution in [2.24, 2.45) is 11.5 Å². The van der Waals surface area contributed by atoms with Crippen LogP contribution in [-0.4, -0.2) is 32.0 Å². The molecular weight excluding hydrogens is 243 g/mol. The lowest BCUT2D eigenvalue weighted by atomic mass is 10.1. The van der Waals surface area contributed by atoms with Gasteiger partial charge in [-0.25, -0.2) is 12.8 Å². The van der Waals surface area contributed by atoms with Gasteiger partial charge in [0.1, 0.15) is 5.82 Å². The van der Waals surface area contributed by atoms with Gasteiger partial charge in [-0.15, -0.1) is 0 Å². The molecule has 1 aromatic carbocycles. The van der Waals surface area contributed by atoms with Crippen molar-refractivity contribution in [2.75, 3.05) is 12.8 Å². The van der Waals surface area contributed by atoms with Gasteiger partial charge in [-0.3, -0.25) is 0 Å². The summed E-state index contributed by atoms with van der Waals surface area (Å²) in [6, 6.07) is 5.84. The highest BCUT2D eigenvalue weighted by molar-refractivity contribution is 7.91. The number of nitrogens with two attached hydrogens (primary N) is 2. The molecule has 0 bridgehead atoms. The fraction of sp³-hybridized carbons (Fsp3) is 0.455. The Morgan fingerprint density at radius 1 is 1.47 bits per heavy atom. The van der Waals surface area contributed by atoms with Crippen molar-refractivity contribution < 1.29 is 12.8 Å². The van der Waals surface area contributed by atoms with E-state index in [0.717, 1.165) is 6.26 Å². The van der Waals surface area contributed by atoms with Crippen molar-refractivity contribution in [3.8, 4) is 0 Å². The zero-order valence-electron chi connectivity index (χ0n) is 9.43. The topological polar surface area (TPSA) is 86.2 Å².